The topological polar surface area (TPSA) is 85.8 Å². The van der Waals surface area contributed by atoms with Gasteiger partial charge in [0.15, 0.2) is 11.0 Å². The van der Waals surface area contributed by atoms with Crippen LogP contribution in [0.2, 0.25) is 5.15 Å². The Bertz CT molecular complexity index is 618. The van der Waals surface area contributed by atoms with Gasteiger partial charge >= 0.3 is 0 Å². The van der Waals surface area contributed by atoms with E-state index in [0.717, 1.165) is 12.8 Å². The fraction of sp³-hybridized carbons (Fsp3) is 0.250. The van der Waals surface area contributed by atoms with Crippen LogP contribution < -0.4 is 11.1 Å². The lowest BCUT2D eigenvalue weighted by Crippen LogP contribution is -2.17. The van der Waals surface area contributed by atoms with E-state index < -0.39 is 0 Å². The lowest BCUT2D eigenvalue weighted by Gasteiger charge is -2.07. The van der Waals surface area contributed by atoms with Gasteiger partial charge in [-0.25, -0.2) is 0 Å². The maximum absolute atomic E-state index is 12.2. The standard InChI is InChI=1S/C12H12ClN5O/c13-10-3-4-11(17-16-10)15-12(19)9-5-7(14)6-18(9)8-1-2-8/h3-6,8H,1-2,14H2,(H,15,17,19). The molecule has 0 radical (unpaired) electrons. The van der Waals surface area contributed by atoms with E-state index in [1.165, 1.54) is 0 Å². The van der Waals surface area contributed by atoms with Crippen LogP contribution in [0.1, 0.15) is 29.4 Å². The summed E-state index contributed by atoms with van der Waals surface area (Å²) in [5.41, 5.74) is 6.87. The third kappa shape index (κ3) is 2.53. The van der Waals surface area contributed by atoms with Gasteiger partial charge in [0.1, 0.15) is 5.69 Å². The number of halogens is 1. The summed E-state index contributed by atoms with van der Waals surface area (Å²) in [4.78, 5) is 12.2. The van der Waals surface area contributed by atoms with E-state index in [1.54, 1.807) is 24.4 Å². The Hall–Kier alpha value is -2.08. The summed E-state index contributed by atoms with van der Waals surface area (Å²) in [5.74, 6) is 0.108. The lowest BCUT2D eigenvalue weighted by atomic mass is 10.3. The maximum Gasteiger partial charge on any atom is 0.273 e. The molecule has 2 aromatic heterocycles. The van der Waals surface area contributed by atoms with Gasteiger partial charge in [-0.1, -0.05) is 11.6 Å². The van der Waals surface area contributed by atoms with E-state index in [9.17, 15) is 4.79 Å². The highest BCUT2D eigenvalue weighted by Gasteiger charge is 2.27. The Kier molecular flexibility index (Phi) is 2.87. The summed E-state index contributed by atoms with van der Waals surface area (Å²) in [5, 5.41) is 10.4. The van der Waals surface area contributed by atoms with Crippen molar-refractivity contribution in [3.63, 3.8) is 0 Å². The van der Waals surface area contributed by atoms with Crippen molar-refractivity contribution < 1.29 is 4.79 Å². The molecule has 0 atom stereocenters. The second-order valence-corrected chi connectivity index (χ2v) is 4.88. The highest BCUT2D eigenvalue weighted by molar-refractivity contribution is 6.29. The van der Waals surface area contributed by atoms with Crippen molar-refractivity contribution in [2.24, 2.45) is 0 Å². The third-order valence-corrected chi connectivity index (χ3v) is 3.12. The fourth-order valence-electron chi connectivity index (χ4n) is 1.90. The molecule has 0 unspecified atom stereocenters. The predicted molar refractivity (Wildman–Crippen MR) is 72.1 cm³/mol. The quantitative estimate of drug-likeness (QED) is 0.899. The number of nitrogen functional groups attached to an aromatic ring is 1. The summed E-state index contributed by atoms with van der Waals surface area (Å²) in [6, 6.07) is 5.21. The summed E-state index contributed by atoms with van der Waals surface area (Å²) in [6.45, 7) is 0. The van der Waals surface area contributed by atoms with Crippen molar-refractivity contribution in [1.82, 2.24) is 14.8 Å². The van der Waals surface area contributed by atoms with Crippen LogP contribution in [0.3, 0.4) is 0 Å². The average molecular weight is 278 g/mol. The van der Waals surface area contributed by atoms with Crippen LogP contribution in [0.15, 0.2) is 24.4 Å². The zero-order chi connectivity index (χ0) is 13.4. The second kappa shape index (κ2) is 4.55. The smallest absolute Gasteiger partial charge is 0.273 e. The third-order valence-electron chi connectivity index (χ3n) is 2.92. The van der Waals surface area contributed by atoms with Crippen molar-refractivity contribution >= 4 is 29.0 Å². The number of amides is 1. The molecule has 6 nitrogen and oxygen atoms in total. The van der Waals surface area contributed by atoms with E-state index >= 15 is 0 Å². The number of aromatic nitrogens is 3. The van der Waals surface area contributed by atoms with Crippen molar-refractivity contribution in [2.45, 2.75) is 18.9 Å². The lowest BCUT2D eigenvalue weighted by molar-refractivity contribution is 0.101. The monoisotopic (exact) mass is 277 g/mol. The number of carbonyl (C=O) groups is 1. The van der Waals surface area contributed by atoms with E-state index in [2.05, 4.69) is 15.5 Å². The first kappa shape index (κ1) is 12.0. The summed E-state index contributed by atoms with van der Waals surface area (Å²) in [6.07, 6.45) is 3.95. The van der Waals surface area contributed by atoms with E-state index in [-0.39, 0.29) is 11.1 Å². The Balaban J connectivity index is 1.82. The summed E-state index contributed by atoms with van der Waals surface area (Å²) < 4.78 is 1.91. The van der Waals surface area contributed by atoms with E-state index in [4.69, 9.17) is 17.3 Å². The molecule has 0 spiro atoms. The molecular weight excluding hydrogens is 266 g/mol. The van der Waals surface area contributed by atoms with Gasteiger partial charge in [-0.2, -0.15) is 0 Å². The first-order valence-electron chi connectivity index (χ1n) is 5.91. The van der Waals surface area contributed by atoms with Crippen LogP contribution in [0.5, 0.6) is 0 Å². The molecule has 1 aliphatic rings. The van der Waals surface area contributed by atoms with Gasteiger partial charge in [-0.3, -0.25) is 4.79 Å². The van der Waals surface area contributed by atoms with Gasteiger partial charge in [-0.15, -0.1) is 10.2 Å². The van der Waals surface area contributed by atoms with E-state index in [1.807, 2.05) is 4.57 Å². The normalized spacial score (nSPS) is 14.4. The first-order chi connectivity index (χ1) is 9.13. The van der Waals surface area contributed by atoms with E-state index in [0.29, 0.717) is 23.2 Å². The molecule has 1 fully saturated rings. The molecule has 2 aromatic rings. The second-order valence-electron chi connectivity index (χ2n) is 4.49. The molecule has 7 heteroatoms. The number of hydrogen-bond donors (Lipinski definition) is 2. The van der Waals surface area contributed by atoms with Crippen LogP contribution in [0, 0.1) is 0 Å². The molecule has 19 heavy (non-hydrogen) atoms. The molecule has 0 aliphatic heterocycles. The van der Waals surface area contributed by atoms with Crippen LogP contribution in [0.25, 0.3) is 0 Å². The summed E-state index contributed by atoms with van der Waals surface area (Å²) in [7, 11) is 0. The minimum absolute atomic E-state index is 0.250. The number of anilines is 2. The molecule has 3 rings (SSSR count). The highest BCUT2D eigenvalue weighted by atomic mass is 35.5. The van der Waals surface area contributed by atoms with Gasteiger partial charge in [0.2, 0.25) is 0 Å². The number of nitrogens with zero attached hydrogens (tertiary/aromatic N) is 3. The van der Waals surface area contributed by atoms with Crippen LogP contribution in [0.4, 0.5) is 11.5 Å². The van der Waals surface area contributed by atoms with Gasteiger partial charge in [0.25, 0.3) is 5.91 Å². The predicted octanol–water partition coefficient (Wildman–Crippen LogP) is 2.10. The molecule has 0 saturated heterocycles. The molecule has 2 heterocycles. The number of carbonyl (C=O) groups excluding carboxylic acids is 1. The van der Waals surface area contributed by atoms with Gasteiger partial charge in [0, 0.05) is 12.2 Å². The highest BCUT2D eigenvalue weighted by Crippen LogP contribution is 2.37. The number of nitrogens with one attached hydrogen (secondary N) is 1. The SMILES string of the molecule is Nc1cc(C(=O)Nc2ccc(Cl)nn2)n(C2CC2)c1. The Morgan fingerprint density at radius 3 is 2.84 bits per heavy atom. The first-order valence-corrected chi connectivity index (χ1v) is 6.29. The molecule has 0 bridgehead atoms. The van der Waals surface area contributed by atoms with Crippen LogP contribution in [-0.4, -0.2) is 20.7 Å². The maximum atomic E-state index is 12.2. The van der Waals surface area contributed by atoms with Crippen molar-refractivity contribution in [2.75, 3.05) is 11.1 Å². The molecule has 1 aliphatic carbocycles. The summed E-state index contributed by atoms with van der Waals surface area (Å²) >= 11 is 5.64. The minimum atomic E-state index is -0.250. The number of rotatable bonds is 3. The Morgan fingerprint density at radius 2 is 2.21 bits per heavy atom. The Morgan fingerprint density at radius 1 is 1.42 bits per heavy atom. The van der Waals surface area contributed by atoms with Gasteiger partial charge < -0.3 is 15.6 Å². The molecule has 3 N–H and O–H groups in total. The van der Waals surface area contributed by atoms with Gasteiger partial charge in [0.05, 0.1) is 5.69 Å². The molecule has 1 saturated carbocycles. The molecule has 0 aromatic carbocycles. The van der Waals surface area contributed by atoms with Gasteiger partial charge in [-0.05, 0) is 31.0 Å². The average Bonchev–Trinajstić information content (AvgIpc) is 3.15. The molecular formula is C12H12ClN5O. The largest absolute Gasteiger partial charge is 0.397 e. The Labute approximate surface area is 114 Å². The van der Waals surface area contributed by atoms with Crippen molar-refractivity contribution in [3.8, 4) is 0 Å². The van der Waals surface area contributed by atoms with Crippen molar-refractivity contribution in [3.05, 3.63) is 35.2 Å². The molecule has 98 valence electrons. The fourth-order valence-corrected chi connectivity index (χ4v) is 2.00. The number of nitrogens with two attached hydrogens (primary N) is 1. The zero-order valence-electron chi connectivity index (χ0n) is 10.0. The van der Waals surface area contributed by atoms with Crippen molar-refractivity contribution in [1.29, 1.82) is 0 Å². The van der Waals surface area contributed by atoms with Crippen LogP contribution >= 0.6 is 11.6 Å². The zero-order valence-corrected chi connectivity index (χ0v) is 10.8. The number of hydrogen-bond acceptors (Lipinski definition) is 4. The minimum Gasteiger partial charge on any atom is -0.397 e. The van der Waals surface area contributed by atoms with Crippen LogP contribution in [-0.2, 0) is 0 Å². The molecule has 1 amide bonds.